The minimum absolute atomic E-state index is 0.0212. The highest BCUT2D eigenvalue weighted by Gasteiger charge is 2.26. The molecule has 9 heteroatoms. The van der Waals surface area contributed by atoms with Gasteiger partial charge in [0.1, 0.15) is 5.60 Å². The van der Waals surface area contributed by atoms with Crippen molar-refractivity contribution in [3.8, 4) is 0 Å². The molecule has 1 aromatic heterocycles. The Morgan fingerprint density at radius 1 is 1.48 bits per heavy atom. The van der Waals surface area contributed by atoms with Crippen LogP contribution in [-0.4, -0.2) is 57.5 Å². The highest BCUT2D eigenvalue weighted by atomic mass is 16.6. The summed E-state index contributed by atoms with van der Waals surface area (Å²) in [6.45, 7) is 6.64. The van der Waals surface area contributed by atoms with Gasteiger partial charge in [-0.2, -0.15) is 0 Å². The molecule has 1 aromatic rings. The van der Waals surface area contributed by atoms with E-state index in [9.17, 15) is 14.7 Å². The molecule has 0 spiro atoms. The second kappa shape index (κ2) is 6.95. The van der Waals surface area contributed by atoms with Gasteiger partial charge in [0.05, 0.1) is 18.3 Å². The van der Waals surface area contributed by atoms with E-state index < -0.39 is 17.7 Å². The summed E-state index contributed by atoms with van der Waals surface area (Å²) in [5.41, 5.74) is -0.201. The summed E-state index contributed by atoms with van der Waals surface area (Å²) < 4.78 is 12.0. The molecule has 1 amide bonds. The van der Waals surface area contributed by atoms with Gasteiger partial charge in [0.25, 0.3) is 0 Å². The molecule has 0 radical (unpaired) electrons. The Hall–Kier alpha value is -2.16. The summed E-state index contributed by atoms with van der Waals surface area (Å²) in [6.07, 6.45) is 0.511. The number of carbonyl (C=O) groups excluding carboxylic acids is 1. The predicted octanol–water partition coefficient (Wildman–Crippen LogP) is 1.00. The van der Waals surface area contributed by atoms with Crippen LogP contribution in [0.4, 0.5) is 4.79 Å². The van der Waals surface area contributed by atoms with Gasteiger partial charge in [0.15, 0.2) is 5.69 Å². The number of hydrogen-bond acceptors (Lipinski definition) is 6. The minimum Gasteiger partial charge on any atom is -0.476 e. The van der Waals surface area contributed by atoms with Crippen molar-refractivity contribution in [3.63, 3.8) is 0 Å². The third kappa shape index (κ3) is 4.65. The molecule has 2 rings (SSSR count). The van der Waals surface area contributed by atoms with Gasteiger partial charge in [-0.3, -0.25) is 0 Å². The molecule has 128 valence electrons. The highest BCUT2D eigenvalue weighted by Crippen LogP contribution is 2.21. The second-order valence-corrected chi connectivity index (χ2v) is 6.33. The van der Waals surface area contributed by atoms with Crippen molar-refractivity contribution in [2.24, 2.45) is 0 Å². The lowest BCUT2D eigenvalue weighted by Gasteiger charge is -2.19. The van der Waals surface area contributed by atoms with Crippen molar-refractivity contribution >= 4 is 12.1 Å². The van der Waals surface area contributed by atoms with Crippen LogP contribution in [0.25, 0.3) is 0 Å². The molecule has 0 aliphatic carbocycles. The monoisotopic (exact) mass is 326 g/mol. The van der Waals surface area contributed by atoms with Crippen LogP contribution in [0.1, 0.15) is 49.4 Å². The third-order valence-electron chi connectivity index (χ3n) is 3.28. The molecular formula is C14H22N4O5. The molecule has 2 heterocycles. The summed E-state index contributed by atoms with van der Waals surface area (Å²) >= 11 is 0. The molecule has 1 fully saturated rings. The number of aromatic carboxylic acids is 1. The van der Waals surface area contributed by atoms with E-state index in [1.807, 2.05) is 0 Å². The zero-order chi connectivity index (χ0) is 17.0. The van der Waals surface area contributed by atoms with Gasteiger partial charge in [-0.05, 0) is 27.2 Å². The maximum atomic E-state index is 11.6. The number of amides is 1. The fourth-order valence-corrected chi connectivity index (χ4v) is 2.32. The summed E-state index contributed by atoms with van der Waals surface area (Å²) in [7, 11) is 0. The quantitative estimate of drug-likeness (QED) is 0.829. The Morgan fingerprint density at radius 2 is 2.22 bits per heavy atom. The van der Waals surface area contributed by atoms with E-state index in [4.69, 9.17) is 9.47 Å². The van der Waals surface area contributed by atoms with Gasteiger partial charge >= 0.3 is 12.1 Å². The largest absolute Gasteiger partial charge is 0.476 e. The number of carbonyl (C=O) groups is 2. The number of nitrogens with zero attached hydrogens (tertiary/aromatic N) is 3. The van der Waals surface area contributed by atoms with Crippen LogP contribution in [0.5, 0.6) is 0 Å². The number of hydrogen-bond donors (Lipinski definition) is 2. The van der Waals surface area contributed by atoms with E-state index in [1.54, 1.807) is 25.5 Å². The van der Waals surface area contributed by atoms with Crippen LogP contribution in [-0.2, 0) is 15.9 Å². The van der Waals surface area contributed by atoms with Crippen molar-refractivity contribution in [2.45, 2.75) is 45.3 Å². The van der Waals surface area contributed by atoms with Crippen LogP contribution >= 0.6 is 0 Å². The molecule has 1 atom stereocenters. The summed E-state index contributed by atoms with van der Waals surface area (Å²) in [6, 6.07) is -0.0212. The number of alkyl carbamates (subject to hydrolysis) is 1. The van der Waals surface area contributed by atoms with Crippen LogP contribution in [0.15, 0.2) is 0 Å². The molecule has 1 aliphatic heterocycles. The summed E-state index contributed by atoms with van der Waals surface area (Å²) in [4.78, 5) is 22.9. The van der Waals surface area contributed by atoms with E-state index in [2.05, 4.69) is 15.6 Å². The zero-order valence-corrected chi connectivity index (χ0v) is 13.5. The Balaban J connectivity index is 2.01. The SMILES string of the molecule is CC(C)(C)OC(=O)NCCc1c(C(=O)O)nnn1C1CCOC1. The minimum atomic E-state index is -1.14. The molecule has 9 nitrogen and oxygen atoms in total. The molecule has 1 aliphatic rings. The number of carboxylic acids is 1. The van der Waals surface area contributed by atoms with Crippen molar-refractivity contribution in [1.29, 1.82) is 0 Å². The molecular weight excluding hydrogens is 304 g/mol. The maximum Gasteiger partial charge on any atom is 0.407 e. The first-order chi connectivity index (χ1) is 10.8. The van der Waals surface area contributed by atoms with Gasteiger partial charge in [-0.25, -0.2) is 14.3 Å². The standard InChI is InChI=1S/C14H22N4O5/c1-14(2,3)23-13(21)15-6-4-10-11(12(19)20)16-17-18(10)9-5-7-22-8-9/h9H,4-8H2,1-3H3,(H,15,21)(H,19,20). The Kier molecular flexibility index (Phi) is 5.19. The first kappa shape index (κ1) is 17.2. The Labute approximate surface area is 133 Å². The first-order valence-corrected chi connectivity index (χ1v) is 7.50. The van der Waals surface area contributed by atoms with E-state index in [0.717, 1.165) is 6.42 Å². The smallest absolute Gasteiger partial charge is 0.407 e. The number of ether oxygens (including phenoxy) is 2. The van der Waals surface area contributed by atoms with Gasteiger partial charge in [-0.1, -0.05) is 5.21 Å². The average Bonchev–Trinajstić information content (AvgIpc) is 3.03. The number of carboxylic acid groups (broad SMARTS) is 1. The van der Waals surface area contributed by atoms with E-state index >= 15 is 0 Å². The lowest BCUT2D eigenvalue weighted by atomic mass is 10.2. The Morgan fingerprint density at radius 3 is 2.78 bits per heavy atom. The molecule has 0 saturated carbocycles. The summed E-state index contributed by atoms with van der Waals surface area (Å²) in [5.74, 6) is -1.14. The van der Waals surface area contributed by atoms with Crippen LogP contribution in [0.2, 0.25) is 0 Å². The summed E-state index contributed by atoms with van der Waals surface area (Å²) in [5, 5.41) is 19.5. The van der Waals surface area contributed by atoms with Crippen molar-refractivity contribution in [3.05, 3.63) is 11.4 Å². The normalized spacial score (nSPS) is 18.0. The van der Waals surface area contributed by atoms with E-state index in [0.29, 0.717) is 25.3 Å². The lowest BCUT2D eigenvalue weighted by molar-refractivity contribution is 0.0528. The second-order valence-electron chi connectivity index (χ2n) is 6.33. The molecule has 2 N–H and O–H groups in total. The Bertz CT molecular complexity index is 572. The van der Waals surface area contributed by atoms with Crippen LogP contribution in [0.3, 0.4) is 0 Å². The van der Waals surface area contributed by atoms with E-state index in [1.165, 1.54) is 0 Å². The number of rotatable bonds is 5. The first-order valence-electron chi connectivity index (χ1n) is 7.50. The number of aromatic nitrogens is 3. The van der Waals surface area contributed by atoms with Crippen LogP contribution < -0.4 is 5.32 Å². The lowest BCUT2D eigenvalue weighted by Crippen LogP contribution is -2.34. The van der Waals surface area contributed by atoms with Gasteiger partial charge in [0.2, 0.25) is 0 Å². The maximum absolute atomic E-state index is 11.6. The van der Waals surface area contributed by atoms with E-state index in [-0.39, 0.29) is 18.3 Å². The molecule has 1 unspecified atom stereocenters. The molecule has 1 saturated heterocycles. The fourth-order valence-electron chi connectivity index (χ4n) is 2.32. The zero-order valence-electron chi connectivity index (χ0n) is 13.5. The topological polar surface area (TPSA) is 116 Å². The van der Waals surface area contributed by atoms with Gasteiger partial charge in [0, 0.05) is 19.6 Å². The predicted molar refractivity (Wildman–Crippen MR) is 79.4 cm³/mol. The van der Waals surface area contributed by atoms with Crippen molar-refractivity contribution in [1.82, 2.24) is 20.3 Å². The van der Waals surface area contributed by atoms with Crippen molar-refractivity contribution < 1.29 is 24.2 Å². The highest BCUT2D eigenvalue weighted by molar-refractivity contribution is 5.86. The molecule has 0 aromatic carbocycles. The fraction of sp³-hybridized carbons (Fsp3) is 0.714. The average molecular weight is 326 g/mol. The number of nitrogens with one attached hydrogen (secondary N) is 1. The van der Waals surface area contributed by atoms with Gasteiger partial charge < -0.3 is 19.9 Å². The molecule has 0 bridgehead atoms. The van der Waals surface area contributed by atoms with Gasteiger partial charge in [-0.15, -0.1) is 5.10 Å². The third-order valence-corrected chi connectivity index (χ3v) is 3.28. The van der Waals surface area contributed by atoms with Crippen LogP contribution in [0, 0.1) is 0 Å². The molecule has 23 heavy (non-hydrogen) atoms. The van der Waals surface area contributed by atoms with Crippen molar-refractivity contribution in [2.75, 3.05) is 19.8 Å².